The van der Waals surface area contributed by atoms with Crippen molar-refractivity contribution in [3.8, 4) is 11.1 Å². The van der Waals surface area contributed by atoms with Gasteiger partial charge in [0.2, 0.25) is 0 Å². The van der Waals surface area contributed by atoms with Crippen molar-refractivity contribution in [2.45, 2.75) is 31.3 Å². The average Bonchev–Trinajstić information content (AvgIpc) is 3.16. The van der Waals surface area contributed by atoms with Gasteiger partial charge in [-0.3, -0.25) is 4.99 Å². The number of rotatable bonds is 6. The molecule has 0 spiro atoms. The molecule has 1 amide bonds. The Hall–Kier alpha value is -3.64. The van der Waals surface area contributed by atoms with Crippen molar-refractivity contribution >= 4 is 28.8 Å². The minimum atomic E-state index is -1.19. The van der Waals surface area contributed by atoms with Crippen molar-refractivity contribution in [1.29, 1.82) is 0 Å². The van der Waals surface area contributed by atoms with Crippen LogP contribution in [0.25, 0.3) is 11.1 Å². The maximum Gasteiger partial charge on any atom is 0.407 e. The molecule has 2 N–H and O–H groups in total. The highest BCUT2D eigenvalue weighted by molar-refractivity contribution is 6.69. The van der Waals surface area contributed by atoms with Crippen LogP contribution in [-0.4, -0.2) is 41.0 Å². The lowest BCUT2D eigenvalue weighted by Crippen LogP contribution is -2.42. The van der Waals surface area contributed by atoms with Gasteiger partial charge in [0.05, 0.1) is 6.04 Å². The Kier molecular flexibility index (Phi) is 6.31. The molecule has 3 atom stereocenters. The monoisotopic (exact) mass is 488 g/mol. The van der Waals surface area contributed by atoms with Gasteiger partial charge in [-0.05, 0) is 34.8 Å². The Labute approximate surface area is 208 Å². The van der Waals surface area contributed by atoms with E-state index in [0.717, 1.165) is 27.8 Å². The first-order chi connectivity index (χ1) is 16.9. The fraction of sp³-hybridized carbons (Fsp3) is 0.250. The van der Waals surface area contributed by atoms with Crippen molar-refractivity contribution < 1.29 is 19.4 Å². The van der Waals surface area contributed by atoms with Gasteiger partial charge in [0.25, 0.3) is 0 Å². The maximum absolute atomic E-state index is 12.6. The fourth-order valence-electron chi connectivity index (χ4n) is 4.98. The molecule has 35 heavy (non-hydrogen) atoms. The number of benzene rings is 2. The number of halogens is 1. The highest BCUT2D eigenvalue weighted by Crippen LogP contribution is 2.44. The van der Waals surface area contributed by atoms with Gasteiger partial charge in [-0.25, -0.2) is 9.59 Å². The smallest absolute Gasteiger partial charge is 0.407 e. The summed E-state index contributed by atoms with van der Waals surface area (Å²) >= 11 is 6.36. The molecule has 2 aromatic rings. The van der Waals surface area contributed by atoms with Crippen LogP contribution in [0, 0.1) is 5.92 Å². The van der Waals surface area contributed by atoms with E-state index >= 15 is 0 Å². The summed E-state index contributed by atoms with van der Waals surface area (Å²) in [5, 5.41) is 12.5. The van der Waals surface area contributed by atoms with Crippen molar-refractivity contribution in [1.82, 2.24) is 5.32 Å². The summed E-state index contributed by atoms with van der Waals surface area (Å²) in [6.45, 7) is 2.11. The van der Waals surface area contributed by atoms with Gasteiger partial charge >= 0.3 is 12.1 Å². The molecule has 0 radical (unpaired) electrons. The first-order valence-electron chi connectivity index (χ1n) is 11.6. The lowest BCUT2D eigenvalue weighted by atomic mass is 9.87. The number of carbonyl (C=O) groups excluding carboxylic acids is 1. The Morgan fingerprint density at radius 2 is 1.74 bits per heavy atom. The van der Waals surface area contributed by atoms with Crippen molar-refractivity contribution in [2.24, 2.45) is 10.9 Å². The van der Waals surface area contributed by atoms with E-state index in [-0.39, 0.29) is 36.1 Å². The van der Waals surface area contributed by atoms with Gasteiger partial charge in [-0.2, -0.15) is 0 Å². The van der Waals surface area contributed by atoms with Gasteiger partial charge < -0.3 is 15.2 Å². The van der Waals surface area contributed by atoms with Crippen LogP contribution in [0.1, 0.15) is 30.4 Å². The number of allylic oxidation sites excluding steroid dienone is 2. The van der Waals surface area contributed by atoms with Gasteiger partial charge in [0, 0.05) is 18.3 Å². The Morgan fingerprint density at radius 3 is 2.40 bits per heavy atom. The molecule has 0 fully saturated rings. The van der Waals surface area contributed by atoms with E-state index in [0.29, 0.717) is 5.57 Å². The number of fused-ring (bicyclic) bond motifs is 4. The maximum atomic E-state index is 12.6. The molecule has 178 valence electrons. The number of ether oxygens (including phenoxy) is 1. The third-order valence-electron chi connectivity index (χ3n) is 6.68. The quantitative estimate of drug-likeness (QED) is 0.566. The van der Waals surface area contributed by atoms with Gasteiger partial charge in [-0.15, -0.1) is 0 Å². The van der Waals surface area contributed by atoms with Gasteiger partial charge in [-0.1, -0.05) is 90.0 Å². The van der Waals surface area contributed by atoms with E-state index in [1.807, 2.05) is 61.5 Å². The predicted octanol–water partition coefficient (Wildman–Crippen LogP) is 5.45. The number of nitrogens with one attached hydrogen (secondary N) is 1. The molecule has 0 aromatic heterocycles. The summed E-state index contributed by atoms with van der Waals surface area (Å²) in [5.41, 5.74) is 6.13. The number of carboxylic acids is 1. The second-order valence-corrected chi connectivity index (χ2v) is 9.37. The molecule has 1 aliphatic heterocycles. The van der Waals surface area contributed by atoms with Crippen LogP contribution in [-0.2, 0) is 9.53 Å². The van der Waals surface area contributed by atoms with Crippen LogP contribution in [0.4, 0.5) is 4.79 Å². The standard InChI is InChI=1S/C28H25ClN2O4/c1-16-10-11-24-17(12-16)13-18(26(29)30-24)14-25(27(32)33)31-28(34)35-15-23-21-8-4-2-6-19(21)20-7-3-5-9-22(20)23/h2-13,17,23-25H,14-15H2,1H3,(H,31,34)(H,32,33). The summed E-state index contributed by atoms with van der Waals surface area (Å²) in [5.74, 6) is -1.26. The van der Waals surface area contributed by atoms with Crippen LogP contribution in [0.5, 0.6) is 0 Å². The van der Waals surface area contributed by atoms with E-state index < -0.39 is 18.1 Å². The molecule has 3 aliphatic rings. The van der Waals surface area contributed by atoms with Gasteiger partial charge in [0.1, 0.15) is 17.8 Å². The average molecular weight is 489 g/mol. The number of hydrogen-bond donors (Lipinski definition) is 2. The lowest BCUT2D eigenvalue weighted by molar-refractivity contribution is -0.139. The summed E-state index contributed by atoms with van der Waals surface area (Å²) in [7, 11) is 0. The number of alkyl carbamates (subject to hydrolysis) is 1. The molecule has 6 nitrogen and oxygen atoms in total. The zero-order chi connectivity index (χ0) is 24.5. The molecule has 7 heteroatoms. The zero-order valence-corrected chi connectivity index (χ0v) is 19.9. The van der Waals surface area contributed by atoms with Crippen LogP contribution >= 0.6 is 11.6 Å². The molecular formula is C28H25ClN2O4. The molecule has 3 unspecified atom stereocenters. The zero-order valence-electron chi connectivity index (χ0n) is 19.1. The molecule has 5 rings (SSSR count). The second kappa shape index (κ2) is 9.55. The second-order valence-electron chi connectivity index (χ2n) is 9.01. The summed E-state index contributed by atoms with van der Waals surface area (Å²) < 4.78 is 5.52. The first kappa shape index (κ1) is 23.1. The van der Waals surface area contributed by atoms with E-state index in [1.165, 1.54) is 0 Å². The molecule has 2 aromatic carbocycles. The number of carbonyl (C=O) groups is 2. The molecule has 2 aliphatic carbocycles. The van der Waals surface area contributed by atoms with Gasteiger partial charge in [0.15, 0.2) is 0 Å². The molecule has 1 heterocycles. The van der Waals surface area contributed by atoms with Crippen molar-refractivity contribution in [3.05, 3.63) is 95.1 Å². The number of dihydropyridines is 1. The minimum absolute atomic E-state index is 0.0152. The normalized spacial score (nSPS) is 21.0. The van der Waals surface area contributed by atoms with Crippen LogP contribution < -0.4 is 5.32 Å². The van der Waals surface area contributed by atoms with Crippen LogP contribution in [0.15, 0.2) is 89.0 Å². The van der Waals surface area contributed by atoms with Crippen LogP contribution in [0.2, 0.25) is 0 Å². The Bertz CT molecular complexity index is 1260. The number of aliphatic carboxylic acids is 1. The van der Waals surface area contributed by atoms with Crippen molar-refractivity contribution in [3.63, 3.8) is 0 Å². The SMILES string of the molecule is CC1=CC2C=C(CC(NC(=O)OCC3c4ccccc4-c4ccccc43)C(=O)O)C(Cl)=NC2C=C1. The summed E-state index contributed by atoms with van der Waals surface area (Å²) in [6.07, 6.45) is 7.22. The summed E-state index contributed by atoms with van der Waals surface area (Å²) in [4.78, 5) is 29.1. The number of aliphatic imine (C=N–C) groups is 1. The number of hydrogen-bond acceptors (Lipinski definition) is 4. The van der Waals surface area contributed by atoms with E-state index in [2.05, 4.69) is 28.5 Å². The fourth-order valence-corrected chi connectivity index (χ4v) is 5.23. The largest absolute Gasteiger partial charge is 0.480 e. The lowest BCUT2D eigenvalue weighted by Gasteiger charge is -2.26. The molecular weight excluding hydrogens is 464 g/mol. The Balaban J connectivity index is 1.26. The highest BCUT2D eigenvalue weighted by Gasteiger charge is 2.31. The Morgan fingerprint density at radius 1 is 1.09 bits per heavy atom. The van der Waals surface area contributed by atoms with E-state index in [9.17, 15) is 14.7 Å². The van der Waals surface area contributed by atoms with Crippen LogP contribution in [0.3, 0.4) is 0 Å². The highest BCUT2D eigenvalue weighted by atomic mass is 35.5. The van der Waals surface area contributed by atoms with E-state index in [1.54, 1.807) is 0 Å². The number of carboxylic acid groups (broad SMARTS) is 1. The van der Waals surface area contributed by atoms with Crippen molar-refractivity contribution in [2.75, 3.05) is 6.61 Å². The predicted molar refractivity (Wildman–Crippen MR) is 136 cm³/mol. The topological polar surface area (TPSA) is 88.0 Å². The van der Waals surface area contributed by atoms with E-state index in [4.69, 9.17) is 16.3 Å². The third kappa shape index (κ3) is 4.66. The molecule has 0 bridgehead atoms. The third-order valence-corrected chi connectivity index (χ3v) is 7.03. The minimum Gasteiger partial charge on any atom is -0.480 e. The summed E-state index contributed by atoms with van der Waals surface area (Å²) in [6, 6.07) is 14.8. The molecule has 0 saturated heterocycles. The molecule has 0 saturated carbocycles. The number of amides is 1. The number of nitrogens with zero attached hydrogens (tertiary/aromatic N) is 1. The first-order valence-corrected chi connectivity index (χ1v) is 11.9.